The number of thioether (sulfide) groups is 1. The van der Waals surface area contributed by atoms with E-state index in [1.165, 1.54) is 19.3 Å². The zero-order valence-corrected chi connectivity index (χ0v) is 13.9. The van der Waals surface area contributed by atoms with Crippen LogP contribution in [-0.2, 0) is 0 Å². The smallest absolute Gasteiger partial charge is 0.315 e. The van der Waals surface area contributed by atoms with Gasteiger partial charge in [0.15, 0.2) is 0 Å². The number of carbonyl (C=O) groups is 1. The standard InChI is InChI=1S/C15H30N2O2S/c1-4-15(3,10-11-18)17-14(19)16-12-8-6-7-9-13(12)20-5-2/h12-13,18H,4-11H2,1-3H3,(H2,16,17,19). The van der Waals surface area contributed by atoms with Crippen molar-refractivity contribution in [1.82, 2.24) is 10.6 Å². The fraction of sp³-hybridized carbons (Fsp3) is 0.933. The fourth-order valence-corrected chi connectivity index (χ4v) is 3.93. The van der Waals surface area contributed by atoms with Gasteiger partial charge in [-0.25, -0.2) is 4.79 Å². The van der Waals surface area contributed by atoms with Crippen molar-refractivity contribution < 1.29 is 9.90 Å². The minimum Gasteiger partial charge on any atom is -0.396 e. The third-order valence-electron chi connectivity index (χ3n) is 4.26. The SMILES string of the molecule is CCSC1CCCCC1NC(=O)NC(C)(CC)CCO. The minimum absolute atomic E-state index is 0.0867. The number of hydrogen-bond donors (Lipinski definition) is 3. The Morgan fingerprint density at radius 1 is 1.35 bits per heavy atom. The van der Waals surface area contributed by atoms with Gasteiger partial charge in [0.05, 0.1) is 0 Å². The molecule has 0 aromatic heterocycles. The van der Waals surface area contributed by atoms with Crippen LogP contribution in [0.25, 0.3) is 0 Å². The van der Waals surface area contributed by atoms with Gasteiger partial charge in [0.1, 0.15) is 0 Å². The molecule has 0 heterocycles. The number of aliphatic hydroxyl groups excluding tert-OH is 1. The maximum atomic E-state index is 12.2. The van der Waals surface area contributed by atoms with Crippen molar-refractivity contribution in [2.45, 2.75) is 76.1 Å². The molecule has 1 aliphatic rings. The summed E-state index contributed by atoms with van der Waals surface area (Å²) in [5, 5.41) is 15.8. The number of hydrogen-bond acceptors (Lipinski definition) is 3. The summed E-state index contributed by atoms with van der Waals surface area (Å²) in [7, 11) is 0. The van der Waals surface area contributed by atoms with Crippen molar-refractivity contribution in [3.63, 3.8) is 0 Å². The second-order valence-corrected chi connectivity index (χ2v) is 7.39. The lowest BCUT2D eigenvalue weighted by Crippen LogP contribution is -2.54. The van der Waals surface area contributed by atoms with Gasteiger partial charge < -0.3 is 15.7 Å². The molecule has 0 bridgehead atoms. The quantitative estimate of drug-likeness (QED) is 0.677. The lowest BCUT2D eigenvalue weighted by molar-refractivity contribution is 0.197. The maximum absolute atomic E-state index is 12.2. The monoisotopic (exact) mass is 302 g/mol. The number of nitrogens with one attached hydrogen (secondary N) is 2. The van der Waals surface area contributed by atoms with Gasteiger partial charge in [-0.2, -0.15) is 11.8 Å². The Kier molecular flexibility index (Phi) is 7.74. The topological polar surface area (TPSA) is 61.4 Å². The molecule has 1 saturated carbocycles. The highest BCUT2D eigenvalue weighted by Gasteiger charge is 2.29. The van der Waals surface area contributed by atoms with Crippen molar-refractivity contribution in [2.75, 3.05) is 12.4 Å². The summed E-state index contributed by atoms with van der Waals surface area (Å²) in [6, 6.07) is 0.195. The highest BCUT2D eigenvalue weighted by molar-refractivity contribution is 7.99. The van der Waals surface area contributed by atoms with E-state index in [9.17, 15) is 4.79 Å². The van der Waals surface area contributed by atoms with Crippen LogP contribution < -0.4 is 10.6 Å². The van der Waals surface area contributed by atoms with Gasteiger partial charge >= 0.3 is 6.03 Å². The van der Waals surface area contributed by atoms with Crippen LogP contribution in [-0.4, -0.2) is 40.3 Å². The molecule has 20 heavy (non-hydrogen) atoms. The largest absolute Gasteiger partial charge is 0.396 e. The third kappa shape index (κ3) is 5.52. The van der Waals surface area contributed by atoms with E-state index in [4.69, 9.17) is 5.11 Å². The fourth-order valence-electron chi connectivity index (χ4n) is 2.73. The molecule has 0 aromatic carbocycles. The van der Waals surface area contributed by atoms with Crippen LogP contribution in [0.2, 0.25) is 0 Å². The van der Waals surface area contributed by atoms with E-state index >= 15 is 0 Å². The van der Waals surface area contributed by atoms with E-state index in [2.05, 4.69) is 17.6 Å². The molecule has 0 radical (unpaired) electrons. The predicted molar refractivity (Wildman–Crippen MR) is 86.2 cm³/mol. The first-order valence-electron chi connectivity index (χ1n) is 7.85. The van der Waals surface area contributed by atoms with Crippen molar-refractivity contribution in [2.24, 2.45) is 0 Å². The number of aliphatic hydroxyl groups is 1. The highest BCUT2D eigenvalue weighted by Crippen LogP contribution is 2.28. The van der Waals surface area contributed by atoms with Crippen LogP contribution in [0.3, 0.4) is 0 Å². The second kappa shape index (κ2) is 8.78. The molecular formula is C15H30N2O2S. The Bertz CT molecular complexity index is 300. The Morgan fingerprint density at radius 3 is 2.65 bits per heavy atom. The first-order chi connectivity index (χ1) is 9.54. The summed E-state index contributed by atoms with van der Waals surface area (Å²) in [6.07, 6.45) is 6.16. The molecule has 3 atom stereocenters. The van der Waals surface area contributed by atoms with Crippen LogP contribution >= 0.6 is 11.8 Å². The lowest BCUT2D eigenvalue weighted by Gasteiger charge is -2.34. The van der Waals surface area contributed by atoms with Gasteiger partial charge in [0, 0.05) is 23.4 Å². The van der Waals surface area contributed by atoms with Gasteiger partial charge in [0.25, 0.3) is 0 Å². The molecule has 4 nitrogen and oxygen atoms in total. The summed E-state index contributed by atoms with van der Waals surface area (Å²) in [4.78, 5) is 12.2. The molecule has 0 spiro atoms. The molecule has 118 valence electrons. The molecule has 0 aliphatic heterocycles. The summed E-state index contributed by atoms with van der Waals surface area (Å²) in [6.45, 7) is 6.29. The van der Waals surface area contributed by atoms with Gasteiger partial charge in [-0.3, -0.25) is 0 Å². The summed E-state index contributed by atoms with van der Waals surface area (Å²) in [5.41, 5.74) is -0.319. The normalized spacial score (nSPS) is 25.8. The van der Waals surface area contributed by atoms with E-state index in [0.29, 0.717) is 11.7 Å². The minimum atomic E-state index is -0.319. The van der Waals surface area contributed by atoms with Gasteiger partial charge in [-0.05, 0) is 38.4 Å². The van der Waals surface area contributed by atoms with Gasteiger partial charge in [-0.15, -0.1) is 0 Å². The first-order valence-corrected chi connectivity index (χ1v) is 8.90. The van der Waals surface area contributed by atoms with Crippen molar-refractivity contribution in [1.29, 1.82) is 0 Å². The number of carbonyl (C=O) groups excluding carboxylic acids is 1. The van der Waals surface area contributed by atoms with Crippen LogP contribution in [0, 0.1) is 0 Å². The molecule has 3 unspecified atom stereocenters. The Morgan fingerprint density at radius 2 is 2.05 bits per heavy atom. The van der Waals surface area contributed by atoms with E-state index in [1.54, 1.807) is 0 Å². The van der Waals surface area contributed by atoms with Crippen LogP contribution in [0.5, 0.6) is 0 Å². The molecule has 0 aromatic rings. The highest BCUT2D eigenvalue weighted by atomic mass is 32.2. The van der Waals surface area contributed by atoms with E-state index in [-0.39, 0.29) is 24.2 Å². The van der Waals surface area contributed by atoms with Crippen LogP contribution in [0.4, 0.5) is 4.79 Å². The number of rotatable bonds is 7. The summed E-state index contributed by atoms with van der Waals surface area (Å²) < 4.78 is 0. The second-order valence-electron chi connectivity index (χ2n) is 5.87. The van der Waals surface area contributed by atoms with E-state index in [0.717, 1.165) is 18.6 Å². The molecule has 1 aliphatic carbocycles. The molecule has 1 rings (SSSR count). The predicted octanol–water partition coefficient (Wildman–Crippen LogP) is 2.90. The zero-order valence-electron chi connectivity index (χ0n) is 13.1. The molecule has 5 heteroatoms. The van der Waals surface area contributed by atoms with E-state index < -0.39 is 0 Å². The first kappa shape index (κ1) is 17.6. The zero-order chi connectivity index (χ0) is 15.0. The molecule has 2 amide bonds. The Labute approximate surface area is 127 Å². The van der Waals surface area contributed by atoms with Crippen molar-refractivity contribution in [3.05, 3.63) is 0 Å². The third-order valence-corrected chi connectivity index (χ3v) is 5.58. The average molecular weight is 302 g/mol. The summed E-state index contributed by atoms with van der Waals surface area (Å²) >= 11 is 1.95. The maximum Gasteiger partial charge on any atom is 0.315 e. The van der Waals surface area contributed by atoms with E-state index in [1.807, 2.05) is 25.6 Å². The van der Waals surface area contributed by atoms with Gasteiger partial charge in [-0.1, -0.05) is 26.7 Å². The summed E-state index contributed by atoms with van der Waals surface area (Å²) in [5.74, 6) is 1.10. The van der Waals surface area contributed by atoms with Crippen LogP contribution in [0.1, 0.15) is 59.3 Å². The molecule has 1 fully saturated rings. The molecular weight excluding hydrogens is 272 g/mol. The number of urea groups is 1. The lowest BCUT2D eigenvalue weighted by atomic mass is 9.94. The van der Waals surface area contributed by atoms with Crippen LogP contribution in [0.15, 0.2) is 0 Å². The van der Waals surface area contributed by atoms with Crippen molar-refractivity contribution in [3.8, 4) is 0 Å². The molecule has 3 N–H and O–H groups in total. The molecule has 0 saturated heterocycles. The Balaban J connectivity index is 2.50. The van der Waals surface area contributed by atoms with Gasteiger partial charge in [0.2, 0.25) is 0 Å². The number of amides is 2. The van der Waals surface area contributed by atoms with Crippen molar-refractivity contribution >= 4 is 17.8 Å². The Hall–Kier alpha value is -0.420. The average Bonchev–Trinajstić information content (AvgIpc) is 2.41.